The van der Waals surface area contributed by atoms with Crippen molar-refractivity contribution < 1.29 is 10.2 Å². The van der Waals surface area contributed by atoms with Gasteiger partial charge in [-0.05, 0) is 60.6 Å². The number of hydrogen-bond donors (Lipinski definition) is 2. The Bertz CT molecular complexity index is 631. The third-order valence-corrected chi connectivity index (χ3v) is 5.71. The van der Waals surface area contributed by atoms with Crippen LogP contribution in [0.15, 0.2) is 48.5 Å². The minimum atomic E-state index is 0.358. The third kappa shape index (κ3) is 12.6. The molecule has 30 heavy (non-hydrogen) atoms. The third-order valence-electron chi connectivity index (χ3n) is 5.71. The maximum atomic E-state index is 9.18. The largest absolute Gasteiger partial charge is 0.508 e. The number of aryl methyl sites for hydroxylation is 1. The zero-order chi connectivity index (χ0) is 22.0. The number of unbranched alkanes of at least 4 members (excludes halogenated alkanes) is 8. The SMILES string of the molecule is CCCCCCC(C)c1ccc(O)cc1.CCCCCCCCc1ccc(O)cc1. The molecule has 0 aliphatic rings. The van der Waals surface area contributed by atoms with Gasteiger partial charge in [0.1, 0.15) is 11.5 Å². The van der Waals surface area contributed by atoms with E-state index in [1.54, 1.807) is 24.3 Å². The summed E-state index contributed by atoms with van der Waals surface area (Å²) in [6.07, 6.45) is 15.8. The molecule has 0 fully saturated rings. The highest BCUT2D eigenvalue weighted by Gasteiger charge is 2.04. The molecule has 0 aromatic heterocycles. The van der Waals surface area contributed by atoms with Crippen molar-refractivity contribution in [3.63, 3.8) is 0 Å². The van der Waals surface area contributed by atoms with Crippen LogP contribution in [0.25, 0.3) is 0 Å². The monoisotopic (exact) mass is 412 g/mol. The van der Waals surface area contributed by atoms with Gasteiger partial charge in [-0.3, -0.25) is 0 Å². The fourth-order valence-corrected chi connectivity index (χ4v) is 3.62. The van der Waals surface area contributed by atoms with E-state index < -0.39 is 0 Å². The van der Waals surface area contributed by atoms with E-state index in [1.165, 1.54) is 81.8 Å². The van der Waals surface area contributed by atoms with Crippen LogP contribution in [0.2, 0.25) is 0 Å². The quantitative estimate of drug-likeness (QED) is 0.323. The summed E-state index contributed by atoms with van der Waals surface area (Å²) in [5.74, 6) is 1.33. The second-order valence-corrected chi connectivity index (χ2v) is 8.53. The van der Waals surface area contributed by atoms with Crippen LogP contribution in [-0.2, 0) is 6.42 Å². The van der Waals surface area contributed by atoms with E-state index >= 15 is 0 Å². The molecule has 0 amide bonds. The van der Waals surface area contributed by atoms with Crippen LogP contribution in [0.5, 0.6) is 11.5 Å². The smallest absolute Gasteiger partial charge is 0.115 e. The molecule has 2 rings (SSSR count). The Morgan fingerprint density at radius 1 is 0.600 bits per heavy atom. The van der Waals surface area contributed by atoms with Gasteiger partial charge in [0.25, 0.3) is 0 Å². The topological polar surface area (TPSA) is 40.5 Å². The zero-order valence-electron chi connectivity index (χ0n) is 19.6. The van der Waals surface area contributed by atoms with E-state index in [1.807, 2.05) is 24.3 Å². The molecular weight excluding hydrogens is 368 g/mol. The van der Waals surface area contributed by atoms with Crippen molar-refractivity contribution in [2.24, 2.45) is 0 Å². The fourth-order valence-electron chi connectivity index (χ4n) is 3.62. The molecule has 2 aromatic rings. The lowest BCUT2D eigenvalue weighted by atomic mass is 9.95. The second-order valence-electron chi connectivity index (χ2n) is 8.53. The summed E-state index contributed by atoms with van der Waals surface area (Å²) < 4.78 is 0. The van der Waals surface area contributed by atoms with Gasteiger partial charge in [-0.1, -0.05) is 103 Å². The lowest BCUT2D eigenvalue weighted by Gasteiger charge is -2.11. The Hall–Kier alpha value is -1.96. The van der Waals surface area contributed by atoms with Gasteiger partial charge in [0, 0.05) is 0 Å². The van der Waals surface area contributed by atoms with Crippen molar-refractivity contribution in [1.82, 2.24) is 0 Å². The van der Waals surface area contributed by atoms with Crippen LogP contribution >= 0.6 is 0 Å². The predicted molar refractivity (Wildman–Crippen MR) is 130 cm³/mol. The first-order chi connectivity index (χ1) is 14.6. The standard InChI is InChI=1S/2C14H22O/c1-3-4-5-6-7-12(2)13-8-10-14(15)11-9-13;1-2-3-4-5-6-7-8-13-9-11-14(15)12-10-13/h8-12,15H,3-7H2,1-2H3;9-12,15H,2-8H2,1H3. The van der Waals surface area contributed by atoms with Gasteiger partial charge in [0.15, 0.2) is 0 Å². The highest BCUT2D eigenvalue weighted by Crippen LogP contribution is 2.23. The summed E-state index contributed by atoms with van der Waals surface area (Å²) >= 11 is 0. The van der Waals surface area contributed by atoms with Crippen LogP contribution in [0.3, 0.4) is 0 Å². The Morgan fingerprint density at radius 2 is 1.07 bits per heavy atom. The summed E-state index contributed by atoms with van der Waals surface area (Å²) in [4.78, 5) is 0. The first-order valence-corrected chi connectivity index (χ1v) is 12.1. The van der Waals surface area contributed by atoms with Gasteiger partial charge in [-0.15, -0.1) is 0 Å². The molecule has 0 saturated carbocycles. The predicted octanol–water partition coefficient (Wildman–Crippen LogP) is 8.76. The molecule has 0 heterocycles. The van der Waals surface area contributed by atoms with Crippen LogP contribution < -0.4 is 0 Å². The summed E-state index contributed by atoms with van der Waals surface area (Å²) in [5.41, 5.74) is 2.67. The highest BCUT2D eigenvalue weighted by atomic mass is 16.3. The van der Waals surface area contributed by atoms with Crippen molar-refractivity contribution >= 4 is 0 Å². The lowest BCUT2D eigenvalue weighted by Crippen LogP contribution is -1.93. The summed E-state index contributed by atoms with van der Waals surface area (Å²) in [6.45, 7) is 6.75. The Labute approximate surface area is 185 Å². The van der Waals surface area contributed by atoms with Crippen LogP contribution in [-0.4, -0.2) is 10.2 Å². The highest BCUT2D eigenvalue weighted by molar-refractivity contribution is 5.28. The summed E-state index contributed by atoms with van der Waals surface area (Å²) in [7, 11) is 0. The maximum Gasteiger partial charge on any atom is 0.115 e. The molecule has 0 bridgehead atoms. The van der Waals surface area contributed by atoms with E-state index in [0.29, 0.717) is 17.4 Å². The number of phenols is 2. The van der Waals surface area contributed by atoms with E-state index in [4.69, 9.17) is 5.11 Å². The van der Waals surface area contributed by atoms with Gasteiger partial charge in [-0.25, -0.2) is 0 Å². The fraction of sp³-hybridized carbons (Fsp3) is 0.571. The molecule has 0 aliphatic heterocycles. The minimum Gasteiger partial charge on any atom is -0.508 e. The molecule has 0 radical (unpaired) electrons. The minimum absolute atomic E-state index is 0.358. The van der Waals surface area contributed by atoms with Gasteiger partial charge in [0.2, 0.25) is 0 Å². The van der Waals surface area contributed by atoms with Crippen LogP contribution in [0.1, 0.15) is 108 Å². The molecule has 168 valence electrons. The van der Waals surface area contributed by atoms with E-state index in [-0.39, 0.29) is 0 Å². The molecule has 2 nitrogen and oxygen atoms in total. The average molecular weight is 413 g/mol. The van der Waals surface area contributed by atoms with Gasteiger partial charge < -0.3 is 10.2 Å². The average Bonchev–Trinajstić information content (AvgIpc) is 2.76. The van der Waals surface area contributed by atoms with Crippen LogP contribution in [0.4, 0.5) is 0 Å². The Kier molecular flexibility index (Phi) is 14.6. The van der Waals surface area contributed by atoms with Crippen molar-refractivity contribution in [1.29, 1.82) is 0 Å². The van der Waals surface area contributed by atoms with Gasteiger partial charge >= 0.3 is 0 Å². The maximum absolute atomic E-state index is 9.18. The second kappa shape index (κ2) is 16.8. The van der Waals surface area contributed by atoms with Crippen LogP contribution in [0, 0.1) is 0 Å². The molecule has 0 aliphatic carbocycles. The molecule has 1 atom stereocenters. The van der Waals surface area contributed by atoms with E-state index in [2.05, 4.69) is 20.8 Å². The lowest BCUT2D eigenvalue weighted by molar-refractivity contribution is 0.474. The molecular formula is C28H44O2. The molecule has 2 heteroatoms. The first kappa shape index (κ1) is 26.1. The van der Waals surface area contributed by atoms with E-state index in [9.17, 15) is 5.11 Å². The number of benzene rings is 2. The molecule has 2 N–H and O–H groups in total. The van der Waals surface area contributed by atoms with E-state index in [0.717, 1.165) is 6.42 Å². The molecule has 0 spiro atoms. The normalized spacial score (nSPS) is 11.6. The zero-order valence-corrected chi connectivity index (χ0v) is 19.6. The van der Waals surface area contributed by atoms with Crippen molar-refractivity contribution in [3.8, 4) is 11.5 Å². The Morgan fingerprint density at radius 3 is 1.63 bits per heavy atom. The van der Waals surface area contributed by atoms with Crippen molar-refractivity contribution in [2.75, 3.05) is 0 Å². The number of phenolic OH excluding ortho intramolecular Hbond substituents is 2. The molecule has 2 aromatic carbocycles. The molecule has 0 saturated heterocycles. The number of hydrogen-bond acceptors (Lipinski definition) is 2. The van der Waals surface area contributed by atoms with Gasteiger partial charge in [0.05, 0.1) is 0 Å². The Balaban J connectivity index is 0.000000300. The summed E-state index contributed by atoms with van der Waals surface area (Å²) in [5, 5.41) is 18.3. The molecule has 1 unspecified atom stereocenters. The number of rotatable bonds is 13. The number of aromatic hydroxyl groups is 2. The summed E-state index contributed by atoms with van der Waals surface area (Å²) in [6, 6.07) is 15.2. The first-order valence-electron chi connectivity index (χ1n) is 12.1. The van der Waals surface area contributed by atoms with Crippen molar-refractivity contribution in [3.05, 3.63) is 59.7 Å². The van der Waals surface area contributed by atoms with Crippen molar-refractivity contribution in [2.45, 2.75) is 104 Å². The van der Waals surface area contributed by atoms with Gasteiger partial charge in [-0.2, -0.15) is 0 Å².